The number of anilines is 1. The zero-order valence-electron chi connectivity index (χ0n) is 8.40. The van der Waals surface area contributed by atoms with Crippen molar-refractivity contribution in [3.8, 4) is 0 Å². The van der Waals surface area contributed by atoms with Crippen LogP contribution in [0.4, 0.5) is 5.69 Å². The highest BCUT2D eigenvalue weighted by atomic mass is 35.7. The van der Waals surface area contributed by atoms with E-state index in [1.54, 1.807) is 12.1 Å². The predicted octanol–water partition coefficient (Wildman–Crippen LogP) is 2.00. The zero-order chi connectivity index (χ0) is 11.1. The van der Waals surface area contributed by atoms with Crippen molar-refractivity contribution in [2.24, 2.45) is 0 Å². The van der Waals surface area contributed by atoms with Crippen molar-refractivity contribution in [3.63, 3.8) is 0 Å². The van der Waals surface area contributed by atoms with Crippen LogP contribution in [0.15, 0.2) is 23.1 Å². The first-order chi connectivity index (χ1) is 7.00. The number of nitrogens with zero attached hydrogens (tertiary/aromatic N) is 1. The van der Waals surface area contributed by atoms with Gasteiger partial charge in [-0.05, 0) is 30.5 Å². The molecule has 0 radical (unpaired) electrons. The van der Waals surface area contributed by atoms with E-state index in [9.17, 15) is 8.42 Å². The average Bonchev–Trinajstić information content (AvgIpc) is 2.16. The molecule has 3 nitrogen and oxygen atoms in total. The normalized spacial score (nSPS) is 16.3. The Hall–Kier alpha value is -0.740. The Labute approximate surface area is 94.1 Å². The fourth-order valence-electron chi connectivity index (χ4n) is 2.00. The number of fused-ring (bicyclic) bond motifs is 1. The van der Waals surface area contributed by atoms with Gasteiger partial charge in [0, 0.05) is 30.0 Å². The van der Waals surface area contributed by atoms with Crippen molar-refractivity contribution in [2.45, 2.75) is 17.7 Å². The molecule has 2 rings (SSSR count). The lowest BCUT2D eigenvalue weighted by molar-refractivity contribution is 0.607. The smallest absolute Gasteiger partial charge is 0.261 e. The van der Waals surface area contributed by atoms with Crippen LogP contribution in [0.2, 0.25) is 0 Å². The summed E-state index contributed by atoms with van der Waals surface area (Å²) in [6.07, 6.45) is 1.74. The van der Waals surface area contributed by atoms with E-state index in [4.69, 9.17) is 10.7 Å². The molecular formula is C10H12ClNO2S. The Morgan fingerprint density at radius 1 is 1.40 bits per heavy atom. The SMILES string of the molecule is CN1CCCc2c1cccc2S(=O)(=O)Cl. The standard InChI is InChI=1S/C10H12ClNO2S/c1-12-7-3-4-8-9(12)5-2-6-10(8)15(11,13)14/h2,5-6H,3-4,7H2,1H3. The second kappa shape index (κ2) is 3.68. The van der Waals surface area contributed by atoms with Crippen LogP contribution in [0.25, 0.3) is 0 Å². The minimum Gasteiger partial charge on any atom is -0.374 e. The van der Waals surface area contributed by atoms with Gasteiger partial charge in [-0.1, -0.05) is 6.07 Å². The van der Waals surface area contributed by atoms with Crippen molar-refractivity contribution in [3.05, 3.63) is 23.8 Å². The predicted molar refractivity (Wildman–Crippen MR) is 61.1 cm³/mol. The molecule has 15 heavy (non-hydrogen) atoms. The van der Waals surface area contributed by atoms with Crippen LogP contribution in [0.1, 0.15) is 12.0 Å². The van der Waals surface area contributed by atoms with Gasteiger partial charge < -0.3 is 4.90 Å². The molecule has 0 aliphatic carbocycles. The van der Waals surface area contributed by atoms with Gasteiger partial charge in [-0.3, -0.25) is 0 Å². The highest BCUT2D eigenvalue weighted by Crippen LogP contribution is 2.32. The third-order valence-electron chi connectivity index (χ3n) is 2.70. The van der Waals surface area contributed by atoms with Gasteiger partial charge in [0.1, 0.15) is 0 Å². The van der Waals surface area contributed by atoms with Crippen molar-refractivity contribution in [1.29, 1.82) is 0 Å². The third-order valence-corrected chi connectivity index (χ3v) is 4.11. The molecule has 0 amide bonds. The Bertz CT molecular complexity index is 484. The van der Waals surface area contributed by atoms with Crippen LogP contribution in [0.5, 0.6) is 0 Å². The molecule has 0 spiro atoms. The molecule has 0 N–H and O–H groups in total. The summed E-state index contributed by atoms with van der Waals surface area (Å²) in [7, 11) is 3.74. The first-order valence-electron chi connectivity index (χ1n) is 4.78. The Balaban J connectivity index is 2.65. The van der Waals surface area contributed by atoms with Gasteiger partial charge in [0.2, 0.25) is 0 Å². The summed E-state index contributed by atoms with van der Waals surface area (Å²) in [5, 5.41) is 0. The summed E-state index contributed by atoms with van der Waals surface area (Å²) in [6, 6.07) is 5.23. The minimum atomic E-state index is -3.62. The molecule has 0 bridgehead atoms. The number of hydrogen-bond donors (Lipinski definition) is 0. The Morgan fingerprint density at radius 2 is 2.13 bits per heavy atom. The van der Waals surface area contributed by atoms with E-state index in [0.717, 1.165) is 30.6 Å². The molecule has 1 aromatic rings. The zero-order valence-corrected chi connectivity index (χ0v) is 9.98. The number of rotatable bonds is 1. The number of hydrogen-bond acceptors (Lipinski definition) is 3. The van der Waals surface area contributed by atoms with Gasteiger partial charge in [-0.15, -0.1) is 0 Å². The lowest BCUT2D eigenvalue weighted by Gasteiger charge is -2.28. The second-order valence-electron chi connectivity index (χ2n) is 3.72. The lowest BCUT2D eigenvalue weighted by atomic mass is 10.0. The fourth-order valence-corrected chi connectivity index (χ4v) is 3.18. The Kier molecular flexibility index (Phi) is 2.64. The maximum Gasteiger partial charge on any atom is 0.261 e. The summed E-state index contributed by atoms with van der Waals surface area (Å²) in [6.45, 7) is 0.957. The molecule has 0 unspecified atom stereocenters. The second-order valence-corrected chi connectivity index (χ2v) is 6.25. The van der Waals surface area contributed by atoms with Gasteiger partial charge >= 0.3 is 0 Å². The minimum absolute atomic E-state index is 0.258. The maximum atomic E-state index is 11.4. The molecule has 1 heterocycles. The van der Waals surface area contributed by atoms with Crippen molar-refractivity contribution in [1.82, 2.24) is 0 Å². The quantitative estimate of drug-likeness (QED) is 0.711. The molecule has 1 aromatic carbocycles. The molecule has 0 fully saturated rings. The van der Waals surface area contributed by atoms with E-state index >= 15 is 0 Å². The lowest BCUT2D eigenvalue weighted by Crippen LogP contribution is -2.25. The third kappa shape index (κ3) is 1.96. The van der Waals surface area contributed by atoms with E-state index in [2.05, 4.69) is 4.90 Å². The fraction of sp³-hybridized carbons (Fsp3) is 0.400. The van der Waals surface area contributed by atoms with Gasteiger partial charge in [0.25, 0.3) is 9.05 Å². The van der Waals surface area contributed by atoms with E-state index in [0.29, 0.717) is 0 Å². The molecule has 82 valence electrons. The van der Waals surface area contributed by atoms with Crippen molar-refractivity contribution in [2.75, 3.05) is 18.5 Å². The molecule has 0 saturated heterocycles. The molecule has 1 aliphatic rings. The van der Waals surface area contributed by atoms with E-state index in [-0.39, 0.29) is 4.90 Å². The molecule has 0 atom stereocenters. The molecular weight excluding hydrogens is 234 g/mol. The van der Waals surface area contributed by atoms with Gasteiger partial charge in [0.15, 0.2) is 0 Å². The van der Waals surface area contributed by atoms with Crippen LogP contribution in [-0.2, 0) is 15.5 Å². The highest BCUT2D eigenvalue weighted by molar-refractivity contribution is 8.13. The van der Waals surface area contributed by atoms with Gasteiger partial charge in [0.05, 0.1) is 4.90 Å². The van der Waals surface area contributed by atoms with Crippen molar-refractivity contribution >= 4 is 25.4 Å². The van der Waals surface area contributed by atoms with Crippen LogP contribution in [0.3, 0.4) is 0 Å². The first kappa shape index (κ1) is 10.8. The van der Waals surface area contributed by atoms with E-state index < -0.39 is 9.05 Å². The van der Waals surface area contributed by atoms with Crippen LogP contribution in [0, 0.1) is 0 Å². The van der Waals surface area contributed by atoms with Crippen LogP contribution in [-0.4, -0.2) is 22.0 Å². The average molecular weight is 246 g/mol. The summed E-state index contributed by atoms with van der Waals surface area (Å²) in [4.78, 5) is 2.32. The summed E-state index contributed by atoms with van der Waals surface area (Å²) in [5.74, 6) is 0. The molecule has 1 aliphatic heterocycles. The largest absolute Gasteiger partial charge is 0.374 e. The monoisotopic (exact) mass is 245 g/mol. The number of benzene rings is 1. The molecule has 0 saturated carbocycles. The van der Waals surface area contributed by atoms with Gasteiger partial charge in [-0.2, -0.15) is 0 Å². The van der Waals surface area contributed by atoms with Crippen molar-refractivity contribution < 1.29 is 8.42 Å². The van der Waals surface area contributed by atoms with E-state index in [1.807, 2.05) is 13.1 Å². The van der Waals surface area contributed by atoms with Crippen LogP contribution >= 0.6 is 10.7 Å². The van der Waals surface area contributed by atoms with Gasteiger partial charge in [-0.25, -0.2) is 8.42 Å². The summed E-state index contributed by atoms with van der Waals surface area (Å²) < 4.78 is 22.7. The maximum absolute atomic E-state index is 11.4. The van der Waals surface area contributed by atoms with Crippen LogP contribution < -0.4 is 4.90 Å². The molecule has 0 aromatic heterocycles. The topological polar surface area (TPSA) is 37.4 Å². The summed E-state index contributed by atoms with van der Waals surface area (Å²) >= 11 is 0. The van der Waals surface area contributed by atoms with E-state index in [1.165, 1.54) is 0 Å². The first-order valence-corrected chi connectivity index (χ1v) is 7.09. The molecule has 5 heteroatoms. The highest BCUT2D eigenvalue weighted by Gasteiger charge is 2.22. The summed E-state index contributed by atoms with van der Waals surface area (Å²) in [5.41, 5.74) is 1.82. The number of halogens is 1. The Morgan fingerprint density at radius 3 is 2.80 bits per heavy atom.